The standard InChI is InChI=1S/C21H30O5/c1-3-4-5-6-7-8-18(23)15-19(24)10-9-16-13-17(11-12-22)21(25)20(14-16)26-2/h9-10,13-14,22,25H,3-8,11-12,15H2,1-2H3. The maximum absolute atomic E-state index is 12.0. The number of carbonyl (C=O) groups excluding carboxylic acids is 2. The summed E-state index contributed by atoms with van der Waals surface area (Å²) in [5, 5.41) is 19.1. The third-order valence-corrected chi connectivity index (χ3v) is 4.17. The smallest absolute Gasteiger partial charge is 0.163 e. The Morgan fingerprint density at radius 2 is 1.88 bits per heavy atom. The number of allylic oxidation sites excluding steroid dienone is 1. The number of hydrogen-bond donors (Lipinski definition) is 2. The highest BCUT2D eigenvalue weighted by atomic mass is 16.5. The van der Waals surface area contributed by atoms with Gasteiger partial charge >= 0.3 is 0 Å². The molecular weight excluding hydrogens is 332 g/mol. The first kappa shape index (κ1) is 21.9. The van der Waals surface area contributed by atoms with Gasteiger partial charge in [0.05, 0.1) is 13.5 Å². The van der Waals surface area contributed by atoms with Crippen LogP contribution in [0.3, 0.4) is 0 Å². The van der Waals surface area contributed by atoms with Crippen molar-refractivity contribution in [2.45, 2.75) is 58.3 Å². The molecule has 0 atom stereocenters. The summed E-state index contributed by atoms with van der Waals surface area (Å²) in [5.74, 6) is 0.00851. The summed E-state index contributed by atoms with van der Waals surface area (Å²) >= 11 is 0. The van der Waals surface area contributed by atoms with Gasteiger partial charge in [0, 0.05) is 18.6 Å². The van der Waals surface area contributed by atoms with Gasteiger partial charge in [-0.1, -0.05) is 38.7 Å². The fourth-order valence-electron chi connectivity index (χ4n) is 2.71. The lowest BCUT2D eigenvalue weighted by atomic mass is 10.0. The zero-order chi connectivity index (χ0) is 19.4. The van der Waals surface area contributed by atoms with E-state index in [0.29, 0.717) is 17.5 Å². The molecule has 0 amide bonds. The second kappa shape index (κ2) is 12.3. The fourth-order valence-corrected chi connectivity index (χ4v) is 2.71. The summed E-state index contributed by atoms with van der Waals surface area (Å²) in [5.41, 5.74) is 1.21. The number of rotatable bonds is 13. The predicted octanol–water partition coefficient (Wildman–Crippen LogP) is 3.84. The van der Waals surface area contributed by atoms with Gasteiger partial charge in [0.1, 0.15) is 5.78 Å². The maximum atomic E-state index is 12.0. The Bertz CT molecular complexity index is 619. The van der Waals surface area contributed by atoms with Crippen molar-refractivity contribution in [2.24, 2.45) is 0 Å². The molecule has 144 valence electrons. The quantitative estimate of drug-likeness (QED) is 0.316. The summed E-state index contributed by atoms with van der Waals surface area (Å²) in [6, 6.07) is 3.29. The van der Waals surface area contributed by atoms with Gasteiger partial charge in [-0.2, -0.15) is 0 Å². The number of aliphatic hydroxyl groups excluding tert-OH is 1. The van der Waals surface area contributed by atoms with E-state index < -0.39 is 0 Å². The number of ketones is 2. The van der Waals surface area contributed by atoms with Gasteiger partial charge in [-0.05, 0) is 36.6 Å². The monoisotopic (exact) mass is 362 g/mol. The van der Waals surface area contributed by atoms with Crippen LogP contribution in [-0.4, -0.2) is 35.5 Å². The largest absolute Gasteiger partial charge is 0.504 e. The molecule has 5 nitrogen and oxygen atoms in total. The number of phenolic OH excluding ortho intramolecular Hbond substituents is 1. The van der Waals surface area contributed by atoms with Crippen molar-refractivity contribution in [1.29, 1.82) is 0 Å². The van der Waals surface area contributed by atoms with E-state index >= 15 is 0 Å². The van der Waals surface area contributed by atoms with E-state index in [0.717, 1.165) is 19.3 Å². The Morgan fingerprint density at radius 3 is 2.54 bits per heavy atom. The van der Waals surface area contributed by atoms with Crippen LogP contribution >= 0.6 is 0 Å². The minimum absolute atomic E-state index is 0.0109. The molecule has 1 aromatic rings. The summed E-state index contributed by atoms with van der Waals surface area (Å²) in [4.78, 5) is 23.8. The summed E-state index contributed by atoms with van der Waals surface area (Å²) in [7, 11) is 1.44. The number of Topliss-reactive ketones (excluding diaryl/α,β-unsaturated/α-hetero) is 1. The number of phenols is 1. The van der Waals surface area contributed by atoms with Gasteiger partial charge in [-0.15, -0.1) is 0 Å². The van der Waals surface area contributed by atoms with Crippen molar-refractivity contribution in [3.8, 4) is 11.5 Å². The van der Waals surface area contributed by atoms with Crippen LogP contribution in [0.2, 0.25) is 0 Å². The maximum Gasteiger partial charge on any atom is 0.163 e. The molecule has 0 bridgehead atoms. The molecule has 5 heteroatoms. The van der Waals surface area contributed by atoms with E-state index in [1.807, 2.05) is 0 Å². The highest BCUT2D eigenvalue weighted by molar-refractivity contribution is 6.06. The zero-order valence-electron chi connectivity index (χ0n) is 15.8. The molecule has 0 heterocycles. The number of hydrogen-bond acceptors (Lipinski definition) is 5. The lowest BCUT2D eigenvalue weighted by molar-refractivity contribution is -0.124. The highest BCUT2D eigenvalue weighted by Crippen LogP contribution is 2.32. The molecule has 0 aromatic heterocycles. The molecule has 0 aliphatic heterocycles. The summed E-state index contributed by atoms with van der Waals surface area (Å²) < 4.78 is 5.11. The molecular formula is C21H30O5. The molecule has 26 heavy (non-hydrogen) atoms. The number of carbonyl (C=O) groups is 2. The van der Waals surface area contributed by atoms with E-state index in [1.165, 1.54) is 26.0 Å². The molecule has 1 rings (SSSR count). The van der Waals surface area contributed by atoms with E-state index in [-0.39, 0.29) is 42.5 Å². The van der Waals surface area contributed by atoms with Crippen LogP contribution in [0.15, 0.2) is 18.2 Å². The molecule has 0 saturated carbocycles. The van der Waals surface area contributed by atoms with E-state index in [1.54, 1.807) is 18.2 Å². The minimum atomic E-state index is -0.237. The molecule has 0 unspecified atom stereocenters. The van der Waals surface area contributed by atoms with Crippen LogP contribution in [0.1, 0.15) is 63.0 Å². The molecule has 0 saturated heterocycles. The normalized spacial score (nSPS) is 11.0. The van der Waals surface area contributed by atoms with Crippen LogP contribution in [0.5, 0.6) is 11.5 Å². The number of aromatic hydroxyl groups is 1. The average molecular weight is 362 g/mol. The van der Waals surface area contributed by atoms with Crippen molar-refractivity contribution < 1.29 is 24.5 Å². The zero-order valence-corrected chi connectivity index (χ0v) is 15.8. The van der Waals surface area contributed by atoms with Crippen LogP contribution < -0.4 is 4.74 Å². The van der Waals surface area contributed by atoms with Gasteiger partial charge in [-0.3, -0.25) is 9.59 Å². The van der Waals surface area contributed by atoms with Crippen molar-refractivity contribution in [1.82, 2.24) is 0 Å². The molecule has 0 radical (unpaired) electrons. The SMILES string of the molecule is CCCCCCCC(=O)CC(=O)C=Cc1cc(CCO)c(O)c(OC)c1. The van der Waals surface area contributed by atoms with Crippen LogP contribution in [0.4, 0.5) is 0 Å². The highest BCUT2D eigenvalue weighted by Gasteiger charge is 2.10. The summed E-state index contributed by atoms with van der Waals surface area (Å²) in [6.45, 7) is 2.04. The van der Waals surface area contributed by atoms with Crippen LogP contribution in [0.25, 0.3) is 6.08 Å². The van der Waals surface area contributed by atoms with Gasteiger partial charge in [0.2, 0.25) is 0 Å². The Balaban J connectivity index is 2.59. The first-order valence-corrected chi connectivity index (χ1v) is 9.25. The van der Waals surface area contributed by atoms with E-state index in [9.17, 15) is 14.7 Å². The Labute approximate surface area is 155 Å². The van der Waals surface area contributed by atoms with E-state index in [4.69, 9.17) is 9.84 Å². The minimum Gasteiger partial charge on any atom is -0.504 e. The van der Waals surface area contributed by atoms with Crippen molar-refractivity contribution in [3.05, 3.63) is 29.3 Å². The summed E-state index contributed by atoms with van der Waals surface area (Å²) in [6.07, 6.45) is 9.00. The van der Waals surface area contributed by atoms with Crippen molar-refractivity contribution in [3.63, 3.8) is 0 Å². The third kappa shape index (κ3) is 7.83. The number of ether oxygens (including phenoxy) is 1. The first-order chi connectivity index (χ1) is 12.5. The lowest BCUT2D eigenvalue weighted by Crippen LogP contribution is -2.05. The Kier molecular flexibility index (Phi) is 10.3. The average Bonchev–Trinajstić information content (AvgIpc) is 2.62. The van der Waals surface area contributed by atoms with Gasteiger partial charge in [0.25, 0.3) is 0 Å². The van der Waals surface area contributed by atoms with E-state index in [2.05, 4.69) is 6.92 Å². The van der Waals surface area contributed by atoms with Crippen molar-refractivity contribution >= 4 is 17.6 Å². The predicted molar refractivity (Wildman–Crippen MR) is 102 cm³/mol. The van der Waals surface area contributed by atoms with Gasteiger partial charge in [-0.25, -0.2) is 0 Å². The fraction of sp³-hybridized carbons (Fsp3) is 0.524. The number of methoxy groups -OCH3 is 1. The molecule has 0 fully saturated rings. The lowest BCUT2D eigenvalue weighted by Gasteiger charge is -2.09. The third-order valence-electron chi connectivity index (χ3n) is 4.17. The second-order valence-corrected chi connectivity index (χ2v) is 6.38. The molecule has 2 N–H and O–H groups in total. The molecule has 1 aromatic carbocycles. The Morgan fingerprint density at radius 1 is 1.15 bits per heavy atom. The first-order valence-electron chi connectivity index (χ1n) is 9.25. The molecule has 0 spiro atoms. The topological polar surface area (TPSA) is 83.8 Å². The van der Waals surface area contributed by atoms with Gasteiger partial charge < -0.3 is 14.9 Å². The van der Waals surface area contributed by atoms with Gasteiger partial charge in [0.15, 0.2) is 17.3 Å². The Hall–Kier alpha value is -2.14. The number of benzene rings is 1. The van der Waals surface area contributed by atoms with Crippen LogP contribution in [0, 0.1) is 0 Å². The van der Waals surface area contributed by atoms with Crippen LogP contribution in [-0.2, 0) is 16.0 Å². The number of aliphatic hydroxyl groups is 1. The number of unbranched alkanes of at least 4 members (excludes halogenated alkanes) is 4. The molecule has 0 aliphatic rings. The molecule has 0 aliphatic carbocycles. The second-order valence-electron chi connectivity index (χ2n) is 6.38. The van der Waals surface area contributed by atoms with Crippen molar-refractivity contribution in [2.75, 3.05) is 13.7 Å².